The Morgan fingerprint density at radius 1 is 0.853 bits per heavy atom. The molecule has 0 aliphatic carbocycles. The van der Waals surface area contributed by atoms with Gasteiger partial charge in [0, 0.05) is 10.9 Å². The van der Waals surface area contributed by atoms with Gasteiger partial charge < -0.3 is 0 Å². The lowest BCUT2D eigenvalue weighted by atomic mass is 10.1. The molecule has 0 saturated heterocycles. The zero-order valence-corrected chi connectivity index (χ0v) is 19.0. The Morgan fingerprint density at radius 3 is 2.41 bits per heavy atom. The quantitative estimate of drug-likeness (QED) is 0.365. The normalized spacial score (nSPS) is 11.3. The van der Waals surface area contributed by atoms with Crippen molar-refractivity contribution in [2.24, 2.45) is 0 Å². The average Bonchev–Trinajstić information content (AvgIpc) is 3.27. The molecule has 4 aromatic carbocycles. The fraction of sp³-hybridized carbons (Fsp3) is 0.0370. The summed E-state index contributed by atoms with van der Waals surface area (Å²) in [6, 6.07) is 26.3. The van der Waals surface area contributed by atoms with E-state index in [2.05, 4.69) is 21.4 Å². The molecule has 0 spiro atoms. The van der Waals surface area contributed by atoms with Gasteiger partial charge in [-0.05, 0) is 54.8 Å². The second-order valence-corrected chi connectivity index (χ2v) is 9.00. The molecule has 0 radical (unpaired) electrons. The Kier molecular flexibility index (Phi) is 4.71. The van der Waals surface area contributed by atoms with E-state index in [9.17, 15) is 9.59 Å². The highest BCUT2D eigenvalue weighted by molar-refractivity contribution is 7.22. The minimum Gasteiger partial charge on any atom is -0.298 e. The van der Waals surface area contributed by atoms with E-state index in [0.717, 1.165) is 21.0 Å². The molecule has 0 aliphatic heterocycles. The van der Waals surface area contributed by atoms with E-state index >= 15 is 0 Å². The molecule has 1 N–H and O–H groups in total. The number of anilines is 1. The van der Waals surface area contributed by atoms with Gasteiger partial charge in [0.2, 0.25) is 0 Å². The summed E-state index contributed by atoms with van der Waals surface area (Å²) in [5.41, 5.74) is 2.55. The zero-order chi connectivity index (χ0) is 23.2. The fourth-order valence-corrected chi connectivity index (χ4v) is 5.07. The monoisotopic (exact) mass is 462 g/mol. The van der Waals surface area contributed by atoms with Crippen LogP contribution >= 0.6 is 11.3 Å². The summed E-state index contributed by atoms with van der Waals surface area (Å²) < 4.78 is 2.57. The standard InChI is InChI=1S/C27H18N4O2S/c1-16-28-22-9-5-4-8-21(22)26(33)31(16)19-13-10-18(11-14-19)25(32)30-27-29-24-20-7-3-2-6-17(20)12-15-23(24)34-27/h2-15H,1H3,(H,29,30,32). The number of aromatic nitrogens is 3. The van der Waals surface area contributed by atoms with Crippen LogP contribution in [0, 0.1) is 6.92 Å². The molecule has 7 heteroatoms. The minimum absolute atomic E-state index is 0.137. The molecule has 0 saturated carbocycles. The number of amides is 1. The lowest BCUT2D eigenvalue weighted by Crippen LogP contribution is -2.22. The fourth-order valence-electron chi connectivity index (χ4n) is 4.19. The Morgan fingerprint density at radius 2 is 1.59 bits per heavy atom. The van der Waals surface area contributed by atoms with Crippen LogP contribution in [0.25, 0.3) is 37.6 Å². The smallest absolute Gasteiger partial charge is 0.265 e. The van der Waals surface area contributed by atoms with Crippen molar-refractivity contribution in [3.05, 3.63) is 107 Å². The third-order valence-electron chi connectivity index (χ3n) is 5.84. The highest BCUT2D eigenvalue weighted by atomic mass is 32.1. The first-order chi connectivity index (χ1) is 16.6. The van der Waals surface area contributed by atoms with Gasteiger partial charge in [-0.2, -0.15) is 0 Å². The van der Waals surface area contributed by atoms with Crippen molar-refractivity contribution in [1.29, 1.82) is 0 Å². The number of nitrogens with zero attached hydrogens (tertiary/aromatic N) is 3. The highest BCUT2D eigenvalue weighted by Crippen LogP contribution is 2.31. The van der Waals surface area contributed by atoms with Crippen molar-refractivity contribution in [1.82, 2.24) is 14.5 Å². The first kappa shape index (κ1) is 20.3. The zero-order valence-electron chi connectivity index (χ0n) is 18.1. The van der Waals surface area contributed by atoms with Crippen LogP contribution in [0.5, 0.6) is 0 Å². The molecule has 164 valence electrons. The number of benzene rings is 4. The van der Waals surface area contributed by atoms with Crippen LogP contribution in [0.15, 0.2) is 89.7 Å². The molecule has 34 heavy (non-hydrogen) atoms. The van der Waals surface area contributed by atoms with Crippen LogP contribution in [0.4, 0.5) is 5.13 Å². The number of carbonyl (C=O) groups is 1. The van der Waals surface area contributed by atoms with Gasteiger partial charge in [-0.15, -0.1) is 0 Å². The van der Waals surface area contributed by atoms with Crippen molar-refractivity contribution in [2.45, 2.75) is 6.92 Å². The van der Waals surface area contributed by atoms with Crippen molar-refractivity contribution in [2.75, 3.05) is 5.32 Å². The molecule has 1 amide bonds. The third-order valence-corrected chi connectivity index (χ3v) is 6.77. The van der Waals surface area contributed by atoms with Gasteiger partial charge in [-0.25, -0.2) is 9.97 Å². The van der Waals surface area contributed by atoms with Gasteiger partial charge in [-0.3, -0.25) is 19.5 Å². The van der Waals surface area contributed by atoms with Crippen LogP contribution in [-0.2, 0) is 0 Å². The molecule has 2 aromatic heterocycles. The molecule has 0 bridgehead atoms. The van der Waals surface area contributed by atoms with Gasteiger partial charge in [-0.1, -0.05) is 53.8 Å². The van der Waals surface area contributed by atoms with Crippen LogP contribution in [0.3, 0.4) is 0 Å². The van der Waals surface area contributed by atoms with Gasteiger partial charge in [0.1, 0.15) is 5.82 Å². The van der Waals surface area contributed by atoms with Crippen LogP contribution < -0.4 is 10.9 Å². The van der Waals surface area contributed by atoms with E-state index in [0.29, 0.717) is 33.1 Å². The number of carbonyl (C=O) groups excluding carboxylic acids is 1. The molecular formula is C27H18N4O2S. The number of aryl methyl sites for hydroxylation is 1. The molecule has 0 unspecified atom stereocenters. The van der Waals surface area contributed by atoms with Gasteiger partial charge in [0.25, 0.3) is 11.5 Å². The van der Waals surface area contributed by atoms with E-state index in [4.69, 9.17) is 0 Å². The number of fused-ring (bicyclic) bond motifs is 4. The lowest BCUT2D eigenvalue weighted by molar-refractivity contribution is 0.102. The topological polar surface area (TPSA) is 76.9 Å². The first-order valence-electron chi connectivity index (χ1n) is 10.8. The van der Waals surface area contributed by atoms with Crippen LogP contribution in [-0.4, -0.2) is 20.4 Å². The molecule has 6 nitrogen and oxygen atoms in total. The number of thiazole rings is 1. The molecular weight excluding hydrogens is 444 g/mol. The average molecular weight is 463 g/mol. The summed E-state index contributed by atoms with van der Waals surface area (Å²) in [7, 11) is 0. The van der Waals surface area contributed by atoms with Gasteiger partial charge in [0.05, 0.1) is 26.8 Å². The van der Waals surface area contributed by atoms with Crippen LogP contribution in [0.1, 0.15) is 16.2 Å². The predicted octanol–water partition coefficient (Wildman–Crippen LogP) is 5.71. The molecule has 2 heterocycles. The Balaban J connectivity index is 1.30. The van der Waals surface area contributed by atoms with Gasteiger partial charge >= 0.3 is 0 Å². The second kappa shape index (κ2) is 7.90. The summed E-state index contributed by atoms with van der Waals surface area (Å²) >= 11 is 1.44. The maximum atomic E-state index is 13.0. The lowest BCUT2D eigenvalue weighted by Gasteiger charge is -2.11. The van der Waals surface area contributed by atoms with E-state index in [1.165, 1.54) is 11.3 Å². The molecule has 0 atom stereocenters. The predicted molar refractivity (Wildman–Crippen MR) is 137 cm³/mol. The largest absolute Gasteiger partial charge is 0.298 e. The van der Waals surface area contributed by atoms with E-state index in [-0.39, 0.29) is 11.5 Å². The Hall–Kier alpha value is -4.36. The van der Waals surface area contributed by atoms with E-state index in [1.807, 2.05) is 48.5 Å². The number of nitrogens with one attached hydrogen (secondary N) is 1. The Bertz CT molecular complexity index is 1790. The van der Waals surface area contributed by atoms with Crippen molar-refractivity contribution >= 4 is 54.3 Å². The highest BCUT2D eigenvalue weighted by Gasteiger charge is 2.13. The third kappa shape index (κ3) is 3.34. The SMILES string of the molecule is Cc1nc2ccccc2c(=O)n1-c1ccc(C(=O)Nc2nc3c(ccc4ccccc43)s2)cc1. The second-order valence-electron chi connectivity index (χ2n) is 7.97. The molecule has 0 aliphatic rings. The maximum absolute atomic E-state index is 13.0. The number of rotatable bonds is 3. The summed E-state index contributed by atoms with van der Waals surface area (Å²) in [5, 5.41) is 6.18. The Labute approximate surface area is 198 Å². The molecule has 6 aromatic rings. The van der Waals surface area contributed by atoms with E-state index < -0.39 is 0 Å². The summed E-state index contributed by atoms with van der Waals surface area (Å²) in [6.07, 6.45) is 0. The van der Waals surface area contributed by atoms with Crippen molar-refractivity contribution in [3.63, 3.8) is 0 Å². The van der Waals surface area contributed by atoms with Gasteiger partial charge in [0.15, 0.2) is 5.13 Å². The van der Waals surface area contributed by atoms with Crippen LogP contribution in [0.2, 0.25) is 0 Å². The number of hydrogen-bond donors (Lipinski definition) is 1. The maximum Gasteiger partial charge on any atom is 0.265 e. The van der Waals surface area contributed by atoms with E-state index in [1.54, 1.807) is 41.8 Å². The molecule has 0 fully saturated rings. The summed E-state index contributed by atoms with van der Waals surface area (Å²) in [5.74, 6) is 0.332. The van der Waals surface area contributed by atoms with Crippen molar-refractivity contribution in [3.8, 4) is 5.69 Å². The number of para-hydroxylation sites is 1. The van der Waals surface area contributed by atoms with Crippen molar-refractivity contribution < 1.29 is 4.79 Å². The molecule has 6 rings (SSSR count). The minimum atomic E-state index is -0.254. The first-order valence-corrected chi connectivity index (χ1v) is 11.6. The summed E-state index contributed by atoms with van der Waals surface area (Å²) in [6.45, 7) is 1.80. The number of hydrogen-bond acceptors (Lipinski definition) is 5. The summed E-state index contributed by atoms with van der Waals surface area (Å²) in [4.78, 5) is 35.1.